The number of aromatic amines is 2. The molecule has 2 aromatic carbocycles. The minimum Gasteiger partial charge on any atom is -0.465 e. The van der Waals surface area contributed by atoms with E-state index in [0.29, 0.717) is 45.5 Å². The van der Waals surface area contributed by atoms with Crippen LogP contribution in [0.4, 0.5) is 15.1 Å². The molecule has 10 heteroatoms. The summed E-state index contributed by atoms with van der Waals surface area (Å²) in [4.78, 5) is 36.4. The molecule has 9 nitrogen and oxygen atoms in total. The number of pyridine rings is 1. The number of H-pyrrole nitrogens is 2. The normalized spacial score (nSPS) is 11.3. The highest BCUT2D eigenvalue weighted by molar-refractivity contribution is 5.88. The van der Waals surface area contributed by atoms with E-state index in [4.69, 9.17) is 0 Å². The van der Waals surface area contributed by atoms with Crippen LogP contribution in [0.15, 0.2) is 53.3 Å². The molecule has 0 radical (unpaired) electrons. The minimum atomic E-state index is -1.13. The predicted molar refractivity (Wildman–Crippen MR) is 130 cm³/mol. The topological polar surface area (TPSA) is 128 Å². The van der Waals surface area contributed by atoms with Gasteiger partial charge in [-0.2, -0.15) is 10.1 Å². The Hall–Kier alpha value is -4.60. The van der Waals surface area contributed by atoms with Gasteiger partial charge in [-0.3, -0.25) is 4.79 Å². The fourth-order valence-corrected chi connectivity index (χ4v) is 4.18. The first-order chi connectivity index (χ1) is 16.9. The van der Waals surface area contributed by atoms with E-state index in [2.05, 4.69) is 25.1 Å². The van der Waals surface area contributed by atoms with Crippen molar-refractivity contribution >= 4 is 34.0 Å². The summed E-state index contributed by atoms with van der Waals surface area (Å²) in [6, 6.07) is 13.7. The van der Waals surface area contributed by atoms with Crippen LogP contribution in [0.5, 0.6) is 0 Å². The van der Waals surface area contributed by atoms with Crippen molar-refractivity contribution < 1.29 is 14.3 Å². The van der Waals surface area contributed by atoms with Gasteiger partial charge in [-0.15, -0.1) is 0 Å². The molecule has 0 bridgehead atoms. The van der Waals surface area contributed by atoms with Gasteiger partial charge in [-0.25, -0.2) is 24.2 Å². The number of aromatic nitrogens is 5. The van der Waals surface area contributed by atoms with E-state index in [-0.39, 0.29) is 18.1 Å². The zero-order valence-corrected chi connectivity index (χ0v) is 19.0. The lowest BCUT2D eigenvalue weighted by Gasteiger charge is -2.12. The molecule has 3 heterocycles. The number of nitrogens with zero attached hydrogens (tertiary/aromatic N) is 4. The van der Waals surface area contributed by atoms with Crippen molar-refractivity contribution in [2.24, 2.45) is 0 Å². The molecule has 0 aliphatic carbocycles. The van der Waals surface area contributed by atoms with Gasteiger partial charge in [0.25, 0.3) is 5.56 Å². The SMILES string of the molecule is CCN(C(=O)O)c1nc2nc(C)c(-c3cc(Cc4n[nH]c(=O)c5ccccc45)ccc3F)cc2[nH]1. The summed E-state index contributed by atoms with van der Waals surface area (Å²) in [5.41, 5.74) is 3.53. The lowest BCUT2D eigenvalue weighted by molar-refractivity contribution is 0.202. The summed E-state index contributed by atoms with van der Waals surface area (Å²) in [5.74, 6) is -0.262. The number of anilines is 1. The second kappa shape index (κ2) is 8.64. The van der Waals surface area contributed by atoms with Crippen LogP contribution in [0.25, 0.3) is 33.1 Å². The predicted octanol–water partition coefficient (Wildman–Crippen LogP) is 4.40. The highest BCUT2D eigenvalue weighted by Gasteiger charge is 2.19. The number of fused-ring (bicyclic) bond motifs is 2. The van der Waals surface area contributed by atoms with Gasteiger partial charge in [-0.1, -0.05) is 24.3 Å². The molecule has 3 aromatic heterocycles. The van der Waals surface area contributed by atoms with Gasteiger partial charge in [-0.05, 0) is 43.7 Å². The smallest absolute Gasteiger partial charge is 0.414 e. The number of hydrogen-bond acceptors (Lipinski definition) is 5. The van der Waals surface area contributed by atoms with Gasteiger partial charge in [0.1, 0.15) is 5.82 Å². The van der Waals surface area contributed by atoms with Crippen LogP contribution in [-0.2, 0) is 6.42 Å². The lowest BCUT2D eigenvalue weighted by atomic mass is 9.98. The molecule has 5 rings (SSSR count). The molecule has 0 aliphatic heterocycles. The molecular weight excluding hydrogens is 451 g/mol. The van der Waals surface area contributed by atoms with Crippen LogP contribution in [0.2, 0.25) is 0 Å². The van der Waals surface area contributed by atoms with Gasteiger partial charge < -0.3 is 10.1 Å². The maximum absolute atomic E-state index is 15.0. The van der Waals surface area contributed by atoms with E-state index < -0.39 is 11.9 Å². The zero-order valence-electron chi connectivity index (χ0n) is 19.0. The largest absolute Gasteiger partial charge is 0.465 e. The Balaban J connectivity index is 1.57. The van der Waals surface area contributed by atoms with Crippen LogP contribution < -0.4 is 10.5 Å². The first-order valence-electron chi connectivity index (χ1n) is 11.0. The molecule has 0 spiro atoms. The van der Waals surface area contributed by atoms with E-state index in [1.165, 1.54) is 6.07 Å². The number of nitrogens with one attached hydrogen (secondary N) is 2. The van der Waals surface area contributed by atoms with Crippen molar-refractivity contribution in [3.8, 4) is 11.1 Å². The van der Waals surface area contributed by atoms with E-state index in [0.717, 1.165) is 15.8 Å². The third-order valence-electron chi connectivity index (χ3n) is 5.92. The van der Waals surface area contributed by atoms with Crippen LogP contribution in [0.1, 0.15) is 23.9 Å². The third kappa shape index (κ3) is 3.99. The highest BCUT2D eigenvalue weighted by Crippen LogP contribution is 2.30. The molecule has 3 N–H and O–H groups in total. The van der Waals surface area contributed by atoms with Crippen molar-refractivity contribution in [2.45, 2.75) is 20.3 Å². The number of carboxylic acid groups (broad SMARTS) is 1. The second-order valence-corrected chi connectivity index (χ2v) is 8.12. The maximum atomic E-state index is 15.0. The average Bonchev–Trinajstić information content (AvgIpc) is 3.24. The summed E-state index contributed by atoms with van der Waals surface area (Å²) in [6.07, 6.45) is -0.747. The molecule has 0 aliphatic rings. The first kappa shape index (κ1) is 22.2. The van der Waals surface area contributed by atoms with Crippen molar-refractivity contribution in [1.82, 2.24) is 25.1 Å². The van der Waals surface area contributed by atoms with Crippen molar-refractivity contribution in [3.63, 3.8) is 0 Å². The monoisotopic (exact) mass is 472 g/mol. The second-order valence-electron chi connectivity index (χ2n) is 8.12. The van der Waals surface area contributed by atoms with Gasteiger partial charge >= 0.3 is 6.09 Å². The Labute approximate surface area is 198 Å². The van der Waals surface area contributed by atoms with E-state index in [9.17, 15) is 19.1 Å². The zero-order chi connectivity index (χ0) is 24.7. The number of benzene rings is 2. The average molecular weight is 472 g/mol. The Bertz CT molecular complexity index is 1660. The van der Waals surface area contributed by atoms with Gasteiger partial charge in [0, 0.05) is 35.2 Å². The van der Waals surface area contributed by atoms with E-state index >= 15 is 0 Å². The number of amides is 1. The van der Waals surface area contributed by atoms with Crippen molar-refractivity contribution in [3.05, 3.63) is 81.7 Å². The van der Waals surface area contributed by atoms with Gasteiger partial charge in [0.2, 0.25) is 5.95 Å². The van der Waals surface area contributed by atoms with E-state index in [1.807, 2.05) is 12.1 Å². The third-order valence-corrected chi connectivity index (χ3v) is 5.92. The number of halogens is 1. The molecule has 5 aromatic rings. The number of carbonyl (C=O) groups is 1. The van der Waals surface area contributed by atoms with Gasteiger partial charge in [0.15, 0.2) is 5.65 Å². The van der Waals surface area contributed by atoms with Crippen LogP contribution in [0.3, 0.4) is 0 Å². The minimum absolute atomic E-state index is 0.157. The molecular formula is C25H21FN6O3. The number of aryl methyl sites for hydroxylation is 1. The lowest BCUT2D eigenvalue weighted by Crippen LogP contribution is -2.29. The first-order valence-corrected chi connectivity index (χ1v) is 11.0. The summed E-state index contributed by atoms with van der Waals surface area (Å²) in [7, 11) is 0. The van der Waals surface area contributed by atoms with E-state index in [1.54, 1.807) is 44.2 Å². The molecule has 0 saturated carbocycles. The summed E-state index contributed by atoms with van der Waals surface area (Å²) < 4.78 is 15.0. The molecule has 35 heavy (non-hydrogen) atoms. The fourth-order valence-electron chi connectivity index (χ4n) is 4.18. The van der Waals surface area contributed by atoms with Crippen LogP contribution in [0, 0.1) is 12.7 Å². The number of rotatable bonds is 5. The molecule has 0 fully saturated rings. The standard InChI is InChI=1S/C25H21FN6O3/c1-3-32(25(34)35)24-28-21-12-17(13(2)27-22(21)29-24)18-10-14(8-9-19(18)26)11-20-15-6-4-5-7-16(15)23(33)31-30-20/h4-10,12H,3,11H2,1-2H3,(H,31,33)(H,34,35)(H,27,28,29). The molecule has 1 amide bonds. The van der Waals surface area contributed by atoms with Crippen LogP contribution >= 0.6 is 0 Å². The summed E-state index contributed by atoms with van der Waals surface area (Å²) in [6.45, 7) is 3.67. The van der Waals surface area contributed by atoms with Gasteiger partial charge in [0.05, 0.1) is 16.6 Å². The Morgan fingerprint density at radius 2 is 1.86 bits per heavy atom. The Kier molecular flexibility index (Phi) is 5.48. The summed E-state index contributed by atoms with van der Waals surface area (Å²) >= 11 is 0. The molecule has 176 valence electrons. The molecule has 0 saturated heterocycles. The number of hydrogen-bond donors (Lipinski definition) is 3. The maximum Gasteiger partial charge on any atom is 0.414 e. The quantitative estimate of drug-likeness (QED) is 0.348. The molecule has 0 atom stereocenters. The molecule has 0 unspecified atom stereocenters. The van der Waals surface area contributed by atoms with Crippen molar-refractivity contribution in [1.29, 1.82) is 0 Å². The fraction of sp³-hybridized carbons (Fsp3) is 0.160. The highest BCUT2D eigenvalue weighted by atomic mass is 19.1. The van der Waals surface area contributed by atoms with Crippen molar-refractivity contribution in [2.75, 3.05) is 11.4 Å². The van der Waals surface area contributed by atoms with Crippen LogP contribution in [-0.4, -0.2) is 42.9 Å². The number of imidazole rings is 1. The Morgan fingerprint density at radius 3 is 2.60 bits per heavy atom. The summed E-state index contributed by atoms with van der Waals surface area (Å²) in [5, 5.41) is 17.4. The Morgan fingerprint density at radius 1 is 1.09 bits per heavy atom.